The lowest BCUT2D eigenvalue weighted by atomic mass is 10.0. The maximum absolute atomic E-state index is 11.5. The van der Waals surface area contributed by atoms with Crippen LogP contribution in [0.1, 0.15) is 41.0 Å². The van der Waals surface area contributed by atoms with E-state index in [0.29, 0.717) is 0 Å². The van der Waals surface area contributed by atoms with Crippen molar-refractivity contribution < 1.29 is 19.5 Å². The molecule has 116 valence electrons. The van der Waals surface area contributed by atoms with Crippen molar-refractivity contribution in [3.8, 4) is 0 Å². The highest BCUT2D eigenvalue weighted by Gasteiger charge is 2.20. The molecular formula is C13H25N3O4. The molecule has 0 aromatic rings. The van der Waals surface area contributed by atoms with Gasteiger partial charge >= 0.3 is 12.0 Å². The van der Waals surface area contributed by atoms with E-state index in [0.717, 1.165) is 0 Å². The highest BCUT2D eigenvalue weighted by Crippen LogP contribution is 2.02. The second kappa shape index (κ2) is 7.72. The second-order valence-electron chi connectivity index (χ2n) is 5.86. The van der Waals surface area contributed by atoms with Gasteiger partial charge in [-0.3, -0.25) is 9.59 Å². The fraction of sp³-hybridized carbons (Fsp3) is 0.769. The number of urea groups is 1. The molecule has 2 atom stereocenters. The van der Waals surface area contributed by atoms with Crippen molar-refractivity contribution in [2.45, 2.75) is 52.6 Å². The first kappa shape index (κ1) is 18.2. The predicted molar refractivity (Wildman–Crippen MR) is 75.3 cm³/mol. The minimum atomic E-state index is -0.970. The van der Waals surface area contributed by atoms with Crippen molar-refractivity contribution >= 4 is 17.9 Å². The normalized spacial score (nSPS) is 14.1. The zero-order valence-electron chi connectivity index (χ0n) is 12.7. The third-order valence-electron chi connectivity index (χ3n) is 2.65. The Kier molecular flexibility index (Phi) is 7.02. The Morgan fingerprint density at radius 2 is 1.70 bits per heavy atom. The van der Waals surface area contributed by atoms with Gasteiger partial charge in [0, 0.05) is 24.5 Å². The second-order valence-corrected chi connectivity index (χ2v) is 5.86. The molecule has 0 aromatic heterocycles. The topological polar surface area (TPSA) is 108 Å². The Balaban J connectivity index is 3.95. The highest BCUT2D eigenvalue weighted by molar-refractivity contribution is 5.79. The minimum Gasteiger partial charge on any atom is -0.481 e. The molecular weight excluding hydrogens is 262 g/mol. The number of amides is 3. The number of hydrogen-bond acceptors (Lipinski definition) is 3. The molecule has 0 fully saturated rings. The SMILES string of the molecule is CC(NC(=O)NCCC(=O)NC(C)(C)C)C(C)C(=O)O. The van der Waals surface area contributed by atoms with Gasteiger partial charge in [-0.25, -0.2) is 4.79 Å². The summed E-state index contributed by atoms with van der Waals surface area (Å²) < 4.78 is 0. The van der Waals surface area contributed by atoms with E-state index < -0.39 is 24.0 Å². The third-order valence-corrected chi connectivity index (χ3v) is 2.65. The fourth-order valence-corrected chi connectivity index (χ4v) is 1.37. The van der Waals surface area contributed by atoms with E-state index in [9.17, 15) is 14.4 Å². The zero-order chi connectivity index (χ0) is 15.9. The molecule has 0 aliphatic heterocycles. The van der Waals surface area contributed by atoms with E-state index >= 15 is 0 Å². The molecule has 20 heavy (non-hydrogen) atoms. The van der Waals surface area contributed by atoms with Crippen LogP contribution in [-0.2, 0) is 9.59 Å². The van der Waals surface area contributed by atoms with Crippen molar-refractivity contribution in [2.24, 2.45) is 5.92 Å². The van der Waals surface area contributed by atoms with Crippen LogP contribution in [0.5, 0.6) is 0 Å². The number of carbonyl (C=O) groups is 3. The summed E-state index contributed by atoms with van der Waals surface area (Å²) in [7, 11) is 0. The van der Waals surface area contributed by atoms with E-state index in [2.05, 4.69) is 16.0 Å². The number of nitrogens with one attached hydrogen (secondary N) is 3. The van der Waals surface area contributed by atoms with Gasteiger partial charge < -0.3 is 21.1 Å². The lowest BCUT2D eigenvalue weighted by Crippen LogP contribution is -2.46. The first-order valence-corrected chi connectivity index (χ1v) is 6.61. The average Bonchev–Trinajstić information content (AvgIpc) is 2.24. The summed E-state index contributed by atoms with van der Waals surface area (Å²) >= 11 is 0. The van der Waals surface area contributed by atoms with Gasteiger partial charge in [0.2, 0.25) is 5.91 Å². The molecule has 0 bridgehead atoms. The Labute approximate surface area is 119 Å². The zero-order valence-corrected chi connectivity index (χ0v) is 12.7. The summed E-state index contributed by atoms with van der Waals surface area (Å²) in [5.41, 5.74) is -0.301. The number of carbonyl (C=O) groups excluding carboxylic acids is 2. The van der Waals surface area contributed by atoms with Crippen LogP contribution in [0.3, 0.4) is 0 Å². The van der Waals surface area contributed by atoms with Crippen LogP contribution >= 0.6 is 0 Å². The minimum absolute atomic E-state index is 0.148. The highest BCUT2D eigenvalue weighted by atomic mass is 16.4. The largest absolute Gasteiger partial charge is 0.481 e. The lowest BCUT2D eigenvalue weighted by molar-refractivity contribution is -0.141. The Hall–Kier alpha value is -1.79. The molecule has 0 aliphatic carbocycles. The lowest BCUT2D eigenvalue weighted by Gasteiger charge is -2.21. The van der Waals surface area contributed by atoms with Crippen molar-refractivity contribution in [3.05, 3.63) is 0 Å². The number of carboxylic acid groups (broad SMARTS) is 1. The molecule has 0 saturated carbocycles. The van der Waals surface area contributed by atoms with Gasteiger partial charge in [-0.15, -0.1) is 0 Å². The molecule has 4 N–H and O–H groups in total. The summed E-state index contributed by atoms with van der Waals surface area (Å²) in [6, 6.07) is -0.968. The summed E-state index contributed by atoms with van der Waals surface area (Å²) in [6.07, 6.45) is 0.174. The molecule has 0 aliphatic rings. The molecule has 0 aromatic carbocycles. The van der Waals surface area contributed by atoms with Gasteiger partial charge in [0.05, 0.1) is 5.92 Å². The van der Waals surface area contributed by atoms with Gasteiger partial charge in [-0.05, 0) is 34.6 Å². The van der Waals surface area contributed by atoms with Crippen LogP contribution in [-0.4, -0.2) is 41.1 Å². The van der Waals surface area contributed by atoms with E-state index in [1.165, 1.54) is 6.92 Å². The van der Waals surface area contributed by atoms with E-state index in [1.807, 2.05) is 20.8 Å². The average molecular weight is 287 g/mol. The quantitative estimate of drug-likeness (QED) is 0.576. The van der Waals surface area contributed by atoms with Crippen LogP contribution in [0.25, 0.3) is 0 Å². The number of carboxylic acids is 1. The fourth-order valence-electron chi connectivity index (χ4n) is 1.37. The third kappa shape index (κ3) is 8.34. The Morgan fingerprint density at radius 3 is 2.15 bits per heavy atom. The maximum atomic E-state index is 11.5. The first-order valence-electron chi connectivity index (χ1n) is 6.61. The van der Waals surface area contributed by atoms with E-state index in [1.54, 1.807) is 6.92 Å². The summed E-state index contributed by atoms with van der Waals surface area (Å²) in [4.78, 5) is 33.7. The smallest absolute Gasteiger partial charge is 0.315 e. The van der Waals surface area contributed by atoms with Gasteiger partial charge in [0.1, 0.15) is 0 Å². The molecule has 0 radical (unpaired) electrons. The number of aliphatic carboxylic acids is 1. The van der Waals surface area contributed by atoms with Crippen LogP contribution in [0.15, 0.2) is 0 Å². The Bertz CT molecular complexity index is 363. The molecule has 0 spiro atoms. The summed E-state index contributed by atoms with van der Waals surface area (Å²) in [5, 5.41) is 16.6. The van der Waals surface area contributed by atoms with E-state index in [4.69, 9.17) is 5.11 Å². The van der Waals surface area contributed by atoms with Crippen molar-refractivity contribution in [1.82, 2.24) is 16.0 Å². The molecule has 7 heteroatoms. The standard InChI is InChI=1S/C13H25N3O4/c1-8(11(18)19)9(2)15-12(20)14-7-6-10(17)16-13(3,4)5/h8-9H,6-7H2,1-5H3,(H,16,17)(H,18,19)(H2,14,15,20). The summed E-state index contributed by atoms with van der Waals surface area (Å²) in [5.74, 6) is -1.79. The predicted octanol–water partition coefficient (Wildman–Crippen LogP) is 0.700. The van der Waals surface area contributed by atoms with Crippen LogP contribution in [0.4, 0.5) is 4.79 Å². The number of rotatable bonds is 6. The molecule has 7 nitrogen and oxygen atoms in total. The van der Waals surface area contributed by atoms with Crippen molar-refractivity contribution in [2.75, 3.05) is 6.54 Å². The molecule has 0 heterocycles. The van der Waals surface area contributed by atoms with Gasteiger partial charge in [0.15, 0.2) is 0 Å². The maximum Gasteiger partial charge on any atom is 0.315 e. The number of hydrogen-bond donors (Lipinski definition) is 4. The van der Waals surface area contributed by atoms with Gasteiger partial charge in [-0.1, -0.05) is 0 Å². The van der Waals surface area contributed by atoms with Crippen LogP contribution in [0, 0.1) is 5.92 Å². The summed E-state index contributed by atoms with van der Waals surface area (Å²) in [6.45, 7) is 8.96. The van der Waals surface area contributed by atoms with Crippen molar-refractivity contribution in [1.29, 1.82) is 0 Å². The molecule has 0 saturated heterocycles. The molecule has 0 rings (SSSR count). The first-order chi connectivity index (χ1) is 9.03. The van der Waals surface area contributed by atoms with Crippen LogP contribution in [0.2, 0.25) is 0 Å². The monoisotopic (exact) mass is 287 g/mol. The van der Waals surface area contributed by atoms with Gasteiger partial charge in [0.25, 0.3) is 0 Å². The van der Waals surface area contributed by atoms with Gasteiger partial charge in [-0.2, -0.15) is 0 Å². The molecule has 3 amide bonds. The molecule has 2 unspecified atom stereocenters. The van der Waals surface area contributed by atoms with Crippen LogP contribution < -0.4 is 16.0 Å². The van der Waals surface area contributed by atoms with E-state index in [-0.39, 0.29) is 24.4 Å². The Morgan fingerprint density at radius 1 is 1.15 bits per heavy atom. The van der Waals surface area contributed by atoms with Crippen molar-refractivity contribution in [3.63, 3.8) is 0 Å².